The molecule has 2 heterocycles. The maximum atomic E-state index is 4.68. The van der Waals surface area contributed by atoms with E-state index in [-0.39, 0.29) is 0 Å². The minimum Gasteiger partial charge on any atom is -0.360 e. The van der Waals surface area contributed by atoms with Crippen molar-refractivity contribution in [3.05, 3.63) is 72.4 Å². The molecule has 0 aliphatic rings. The molecule has 0 bridgehead atoms. The molecule has 0 aliphatic heterocycles. The van der Waals surface area contributed by atoms with Crippen molar-refractivity contribution in [3.8, 4) is 0 Å². The first kappa shape index (κ1) is 14.1. The molecule has 0 fully saturated rings. The molecule has 0 unspecified atom stereocenters. The highest BCUT2D eigenvalue weighted by Gasteiger charge is 2.10. The highest BCUT2D eigenvalue weighted by atomic mass is 15.2. The van der Waals surface area contributed by atoms with Gasteiger partial charge in [0.05, 0.1) is 16.6 Å². The van der Waals surface area contributed by atoms with Crippen LogP contribution in [0.5, 0.6) is 0 Å². The molecule has 0 amide bonds. The Balaban J connectivity index is 1.51. The number of nitrogens with one attached hydrogen (secondary N) is 2. The zero-order valence-electron chi connectivity index (χ0n) is 14.0. The molecular weight excluding hydrogens is 308 g/mol. The van der Waals surface area contributed by atoms with Gasteiger partial charge in [-0.15, -0.1) is 0 Å². The standard InChI is InChI=1S/C21H18N4/c1-25-19-9-5-4-8-18(19)24-21(25)23-13-15-12-22-20-16-7-3-2-6-14(16)10-11-17(15)20/h2-12,22H,13H2,1H3,(H,23,24). The Kier molecular flexibility index (Phi) is 3.04. The van der Waals surface area contributed by atoms with Crippen LogP contribution in [-0.4, -0.2) is 14.5 Å². The van der Waals surface area contributed by atoms with Gasteiger partial charge < -0.3 is 14.9 Å². The monoisotopic (exact) mass is 326 g/mol. The molecule has 5 aromatic rings. The molecule has 4 nitrogen and oxygen atoms in total. The van der Waals surface area contributed by atoms with Gasteiger partial charge in [0.1, 0.15) is 0 Å². The summed E-state index contributed by atoms with van der Waals surface area (Å²) in [4.78, 5) is 8.12. The van der Waals surface area contributed by atoms with Crippen LogP contribution < -0.4 is 5.32 Å². The Morgan fingerprint density at radius 3 is 2.72 bits per heavy atom. The summed E-state index contributed by atoms with van der Waals surface area (Å²) in [7, 11) is 2.04. The van der Waals surface area contributed by atoms with Crippen LogP contribution in [0.1, 0.15) is 5.56 Å². The van der Waals surface area contributed by atoms with Gasteiger partial charge in [-0.3, -0.25) is 0 Å². The average Bonchev–Trinajstić information content (AvgIpc) is 3.21. The fraction of sp³-hybridized carbons (Fsp3) is 0.0952. The van der Waals surface area contributed by atoms with Gasteiger partial charge in [-0.25, -0.2) is 4.98 Å². The number of benzene rings is 3. The predicted molar refractivity (Wildman–Crippen MR) is 104 cm³/mol. The molecule has 0 saturated heterocycles. The number of imidazole rings is 1. The Labute approximate surface area is 145 Å². The lowest BCUT2D eigenvalue weighted by Gasteiger charge is -2.06. The normalized spacial score (nSPS) is 11.6. The van der Waals surface area contributed by atoms with Crippen LogP contribution in [0.3, 0.4) is 0 Å². The predicted octanol–water partition coefficient (Wildman–Crippen LogP) is 4.82. The van der Waals surface area contributed by atoms with E-state index in [2.05, 4.69) is 68.5 Å². The molecule has 2 aromatic heterocycles. The summed E-state index contributed by atoms with van der Waals surface area (Å²) in [5, 5.41) is 7.25. The number of aromatic amines is 1. The van der Waals surface area contributed by atoms with Crippen LogP contribution in [0, 0.1) is 0 Å². The van der Waals surface area contributed by atoms with Crippen molar-refractivity contribution < 1.29 is 0 Å². The van der Waals surface area contributed by atoms with E-state index in [0.29, 0.717) is 0 Å². The number of hydrogen-bond acceptors (Lipinski definition) is 2. The number of nitrogens with zero attached hydrogens (tertiary/aromatic N) is 2. The average molecular weight is 326 g/mol. The number of fused-ring (bicyclic) bond motifs is 4. The van der Waals surface area contributed by atoms with Gasteiger partial charge >= 0.3 is 0 Å². The molecule has 2 N–H and O–H groups in total. The lowest BCUT2D eigenvalue weighted by molar-refractivity contribution is 0.929. The maximum absolute atomic E-state index is 4.68. The van der Waals surface area contributed by atoms with Gasteiger partial charge in [-0.2, -0.15) is 0 Å². The Bertz CT molecular complexity index is 1210. The number of hydrogen-bond donors (Lipinski definition) is 2. The first-order valence-corrected chi connectivity index (χ1v) is 8.44. The lowest BCUT2D eigenvalue weighted by atomic mass is 10.1. The number of rotatable bonds is 3. The zero-order chi connectivity index (χ0) is 16.8. The number of para-hydroxylation sites is 2. The van der Waals surface area contributed by atoms with Crippen molar-refractivity contribution >= 4 is 38.7 Å². The molecule has 25 heavy (non-hydrogen) atoms. The highest BCUT2D eigenvalue weighted by molar-refractivity contribution is 6.06. The van der Waals surface area contributed by atoms with E-state index >= 15 is 0 Å². The van der Waals surface area contributed by atoms with Crippen molar-refractivity contribution in [2.75, 3.05) is 5.32 Å². The van der Waals surface area contributed by atoms with Crippen molar-refractivity contribution in [1.29, 1.82) is 0 Å². The topological polar surface area (TPSA) is 45.6 Å². The van der Waals surface area contributed by atoms with Crippen LogP contribution in [0.4, 0.5) is 5.95 Å². The van der Waals surface area contributed by atoms with Crippen LogP contribution in [0.2, 0.25) is 0 Å². The summed E-state index contributed by atoms with van der Waals surface area (Å²) in [5.41, 5.74) is 4.58. The number of H-pyrrole nitrogens is 1. The van der Waals surface area contributed by atoms with Crippen molar-refractivity contribution in [2.24, 2.45) is 7.05 Å². The zero-order valence-corrected chi connectivity index (χ0v) is 14.0. The summed E-state index contributed by atoms with van der Waals surface area (Å²) in [6.45, 7) is 0.732. The first-order valence-electron chi connectivity index (χ1n) is 8.44. The van der Waals surface area contributed by atoms with E-state index in [1.807, 2.05) is 25.2 Å². The summed E-state index contributed by atoms with van der Waals surface area (Å²) < 4.78 is 2.10. The highest BCUT2D eigenvalue weighted by Crippen LogP contribution is 2.27. The molecule has 5 rings (SSSR count). The number of anilines is 1. The molecular formula is C21H18N4. The van der Waals surface area contributed by atoms with Gasteiger partial charge in [0, 0.05) is 30.6 Å². The molecule has 122 valence electrons. The summed E-state index contributed by atoms with van der Waals surface area (Å²) in [6, 6.07) is 21.0. The summed E-state index contributed by atoms with van der Waals surface area (Å²) in [6.07, 6.45) is 2.09. The van der Waals surface area contributed by atoms with E-state index in [0.717, 1.165) is 23.5 Å². The fourth-order valence-electron chi connectivity index (χ4n) is 3.56. The third-order valence-corrected chi connectivity index (χ3v) is 4.89. The molecule has 4 heteroatoms. The molecule has 0 atom stereocenters. The largest absolute Gasteiger partial charge is 0.360 e. The fourth-order valence-corrected chi connectivity index (χ4v) is 3.56. The third kappa shape index (κ3) is 2.18. The maximum Gasteiger partial charge on any atom is 0.203 e. The van der Waals surface area contributed by atoms with Crippen molar-refractivity contribution in [3.63, 3.8) is 0 Å². The van der Waals surface area contributed by atoms with Crippen LogP contribution in [0.15, 0.2) is 66.9 Å². The number of aromatic nitrogens is 3. The van der Waals surface area contributed by atoms with Gasteiger partial charge in [-0.05, 0) is 23.1 Å². The van der Waals surface area contributed by atoms with Gasteiger partial charge in [0.2, 0.25) is 5.95 Å². The van der Waals surface area contributed by atoms with Gasteiger partial charge in [0.15, 0.2) is 0 Å². The van der Waals surface area contributed by atoms with E-state index in [1.54, 1.807) is 0 Å². The second-order valence-electron chi connectivity index (χ2n) is 6.36. The second kappa shape index (κ2) is 5.38. The van der Waals surface area contributed by atoms with Crippen molar-refractivity contribution in [1.82, 2.24) is 14.5 Å². The SMILES string of the molecule is Cn1c(NCc2c[nH]c3c2ccc2ccccc23)nc2ccccc21. The third-order valence-electron chi connectivity index (χ3n) is 4.89. The molecule has 0 saturated carbocycles. The first-order chi connectivity index (χ1) is 12.3. The number of aryl methyl sites for hydroxylation is 1. The molecule has 0 aliphatic carbocycles. The molecule has 0 spiro atoms. The second-order valence-corrected chi connectivity index (χ2v) is 6.36. The van der Waals surface area contributed by atoms with Crippen LogP contribution in [-0.2, 0) is 13.6 Å². The Morgan fingerprint density at radius 1 is 0.960 bits per heavy atom. The quantitative estimate of drug-likeness (QED) is 0.499. The van der Waals surface area contributed by atoms with E-state index in [4.69, 9.17) is 0 Å². The Hall–Kier alpha value is -3.27. The van der Waals surface area contributed by atoms with Gasteiger partial charge in [-0.1, -0.05) is 48.5 Å². The van der Waals surface area contributed by atoms with Crippen LogP contribution in [0.25, 0.3) is 32.7 Å². The minimum atomic E-state index is 0.732. The summed E-state index contributed by atoms with van der Waals surface area (Å²) >= 11 is 0. The summed E-state index contributed by atoms with van der Waals surface area (Å²) in [5.74, 6) is 0.885. The van der Waals surface area contributed by atoms with Crippen molar-refractivity contribution in [2.45, 2.75) is 6.54 Å². The minimum absolute atomic E-state index is 0.732. The van der Waals surface area contributed by atoms with E-state index < -0.39 is 0 Å². The lowest BCUT2D eigenvalue weighted by Crippen LogP contribution is -2.04. The molecule has 3 aromatic carbocycles. The van der Waals surface area contributed by atoms with E-state index in [9.17, 15) is 0 Å². The molecule has 0 radical (unpaired) electrons. The van der Waals surface area contributed by atoms with Crippen LogP contribution >= 0.6 is 0 Å². The van der Waals surface area contributed by atoms with E-state index in [1.165, 1.54) is 27.2 Å². The van der Waals surface area contributed by atoms with Gasteiger partial charge in [0.25, 0.3) is 0 Å². The smallest absolute Gasteiger partial charge is 0.203 e. The Morgan fingerprint density at radius 2 is 1.80 bits per heavy atom.